The highest BCUT2D eigenvalue weighted by molar-refractivity contribution is 7.90. The van der Waals surface area contributed by atoms with Gasteiger partial charge in [-0.3, -0.25) is 9.59 Å². The van der Waals surface area contributed by atoms with Crippen LogP contribution in [-0.2, 0) is 21.7 Å². The fourth-order valence-corrected chi connectivity index (χ4v) is 5.26. The zero-order valence-electron chi connectivity index (χ0n) is 15.2. The first-order chi connectivity index (χ1) is 12.0. The summed E-state index contributed by atoms with van der Waals surface area (Å²) in [5, 5.41) is -0.241. The third-order valence-corrected chi connectivity index (χ3v) is 6.68. The zero-order valence-corrected chi connectivity index (χ0v) is 16.0. The van der Waals surface area contributed by atoms with E-state index < -0.39 is 21.4 Å². The van der Waals surface area contributed by atoms with Gasteiger partial charge >= 0.3 is 0 Å². The third kappa shape index (κ3) is 2.18. The average molecular weight is 372 g/mol. The van der Waals surface area contributed by atoms with E-state index in [2.05, 4.69) is 13.8 Å². The summed E-state index contributed by atoms with van der Waals surface area (Å²) in [6, 6.07) is 3.78. The Bertz CT molecular complexity index is 1100. The fraction of sp³-hybridized carbons (Fsp3) is 0.400. The first kappa shape index (κ1) is 17.2. The summed E-state index contributed by atoms with van der Waals surface area (Å²) in [7, 11) is -3.64. The number of ketones is 2. The topological polar surface area (TPSA) is 81.4 Å². The monoisotopic (exact) mass is 372 g/mol. The highest BCUT2D eigenvalue weighted by Crippen LogP contribution is 2.46. The van der Waals surface area contributed by atoms with E-state index in [1.807, 2.05) is 6.07 Å². The Hall–Kier alpha value is -2.21. The average Bonchev–Trinajstić information content (AvgIpc) is 2.89. The van der Waals surface area contributed by atoms with Crippen molar-refractivity contribution in [1.29, 1.82) is 0 Å². The van der Waals surface area contributed by atoms with Crippen LogP contribution in [0.15, 0.2) is 21.6 Å². The van der Waals surface area contributed by atoms with Crippen LogP contribution in [0.4, 0.5) is 0 Å². The number of carbonyl (C=O) groups is 2. The molecular weight excluding hydrogens is 352 g/mol. The first-order valence-electron chi connectivity index (χ1n) is 8.63. The van der Waals surface area contributed by atoms with Crippen molar-refractivity contribution >= 4 is 21.4 Å². The molecule has 2 aliphatic carbocycles. The molecule has 26 heavy (non-hydrogen) atoms. The molecule has 0 radical (unpaired) electrons. The molecule has 0 N–H and O–H groups in total. The summed E-state index contributed by atoms with van der Waals surface area (Å²) in [6.07, 6.45) is 3.72. The molecule has 0 saturated carbocycles. The lowest BCUT2D eigenvalue weighted by Crippen LogP contribution is -2.29. The predicted octanol–water partition coefficient (Wildman–Crippen LogP) is 3.65. The lowest BCUT2D eigenvalue weighted by atomic mass is 9.69. The summed E-state index contributed by atoms with van der Waals surface area (Å²) in [5.74, 6) is -1.04. The highest BCUT2D eigenvalue weighted by atomic mass is 32.2. The molecule has 1 aromatic heterocycles. The number of carbonyl (C=O) groups excluding carboxylic acids is 2. The van der Waals surface area contributed by atoms with Crippen molar-refractivity contribution in [3.63, 3.8) is 0 Å². The molecule has 4 rings (SSSR count). The summed E-state index contributed by atoms with van der Waals surface area (Å²) in [6.45, 7) is 5.78. The van der Waals surface area contributed by atoms with Crippen LogP contribution < -0.4 is 0 Å². The van der Waals surface area contributed by atoms with E-state index in [-0.39, 0.29) is 27.4 Å². The summed E-state index contributed by atoms with van der Waals surface area (Å²) < 4.78 is 29.6. The van der Waals surface area contributed by atoms with Crippen molar-refractivity contribution in [2.24, 2.45) is 0 Å². The molecule has 136 valence electrons. The van der Waals surface area contributed by atoms with E-state index in [1.165, 1.54) is 6.92 Å². The van der Waals surface area contributed by atoms with Crippen LogP contribution >= 0.6 is 0 Å². The van der Waals surface area contributed by atoms with Gasteiger partial charge in [0.05, 0.1) is 5.56 Å². The van der Waals surface area contributed by atoms with Gasteiger partial charge in [0.15, 0.2) is 0 Å². The number of sulfone groups is 1. The van der Waals surface area contributed by atoms with Crippen LogP contribution in [-0.4, -0.2) is 26.2 Å². The normalized spacial score (nSPS) is 18.3. The number of fused-ring (bicyclic) bond motifs is 5. The van der Waals surface area contributed by atoms with Gasteiger partial charge in [0.1, 0.15) is 5.76 Å². The summed E-state index contributed by atoms with van der Waals surface area (Å²) in [5.41, 5.74) is 3.13. The van der Waals surface area contributed by atoms with Gasteiger partial charge in [-0.1, -0.05) is 26.0 Å². The lowest BCUT2D eigenvalue weighted by Gasteiger charge is -2.34. The number of rotatable bonds is 1. The Balaban J connectivity index is 2.08. The van der Waals surface area contributed by atoms with Crippen molar-refractivity contribution in [1.82, 2.24) is 0 Å². The van der Waals surface area contributed by atoms with E-state index in [0.29, 0.717) is 11.1 Å². The molecule has 0 unspecified atom stereocenters. The second-order valence-corrected chi connectivity index (χ2v) is 9.82. The SMILES string of the molecule is Cc1c(S(C)(=O)=O)oc2c1C(=O)C(=O)c1c-2ccc2c1CCCC2(C)C. The molecule has 2 aliphatic rings. The van der Waals surface area contributed by atoms with Crippen LogP contribution in [0.2, 0.25) is 0 Å². The van der Waals surface area contributed by atoms with Crippen molar-refractivity contribution in [2.45, 2.75) is 50.5 Å². The number of hydrogen-bond acceptors (Lipinski definition) is 5. The minimum Gasteiger partial charge on any atom is -0.444 e. The van der Waals surface area contributed by atoms with E-state index in [4.69, 9.17) is 4.42 Å². The van der Waals surface area contributed by atoms with E-state index in [9.17, 15) is 18.0 Å². The second-order valence-electron chi connectivity index (χ2n) is 7.90. The molecule has 1 heterocycles. The highest BCUT2D eigenvalue weighted by Gasteiger charge is 2.41. The summed E-state index contributed by atoms with van der Waals surface area (Å²) in [4.78, 5) is 25.7. The van der Waals surface area contributed by atoms with E-state index >= 15 is 0 Å². The Morgan fingerprint density at radius 1 is 1.08 bits per heavy atom. The molecule has 5 nitrogen and oxygen atoms in total. The Morgan fingerprint density at radius 3 is 2.38 bits per heavy atom. The van der Waals surface area contributed by atoms with Crippen molar-refractivity contribution in [2.75, 3.05) is 6.26 Å². The molecule has 2 aromatic rings. The quantitative estimate of drug-likeness (QED) is 0.714. The Morgan fingerprint density at radius 2 is 1.73 bits per heavy atom. The molecule has 0 fully saturated rings. The maximum Gasteiger partial charge on any atom is 0.237 e. The Labute approximate surface area is 152 Å². The van der Waals surface area contributed by atoms with Crippen LogP contribution in [0, 0.1) is 6.92 Å². The maximum atomic E-state index is 12.9. The number of hydrogen-bond donors (Lipinski definition) is 0. The van der Waals surface area contributed by atoms with Crippen molar-refractivity contribution in [3.05, 3.63) is 39.9 Å². The van der Waals surface area contributed by atoms with E-state index in [0.717, 1.165) is 36.6 Å². The van der Waals surface area contributed by atoms with Crippen molar-refractivity contribution < 1.29 is 22.4 Å². The van der Waals surface area contributed by atoms with Gasteiger partial charge in [-0.2, -0.15) is 0 Å². The van der Waals surface area contributed by atoms with Crippen LogP contribution in [0.1, 0.15) is 64.1 Å². The molecule has 0 spiro atoms. The van der Waals surface area contributed by atoms with Crippen LogP contribution in [0.5, 0.6) is 0 Å². The molecule has 0 aliphatic heterocycles. The minimum absolute atomic E-state index is 0.0663. The standard InChI is InChI=1S/C20H20O5S/c1-10-14-16(21)17(22)15-11-6-5-9-20(2,3)13(11)8-7-12(15)18(14)25-19(10)26(4,23)24/h7-8H,5-6,9H2,1-4H3. The van der Waals surface area contributed by atoms with Gasteiger partial charge in [0.2, 0.25) is 26.5 Å². The summed E-state index contributed by atoms with van der Waals surface area (Å²) >= 11 is 0. The number of benzene rings is 1. The lowest BCUT2D eigenvalue weighted by molar-refractivity contribution is 0.0813. The third-order valence-electron chi connectivity index (χ3n) is 5.62. The van der Waals surface area contributed by atoms with Crippen LogP contribution in [0.25, 0.3) is 11.3 Å². The van der Waals surface area contributed by atoms with Gasteiger partial charge < -0.3 is 4.42 Å². The first-order valence-corrected chi connectivity index (χ1v) is 10.5. The van der Waals surface area contributed by atoms with Crippen molar-refractivity contribution in [3.8, 4) is 11.3 Å². The van der Waals surface area contributed by atoms with Crippen LogP contribution in [0.3, 0.4) is 0 Å². The predicted molar refractivity (Wildman–Crippen MR) is 96.6 cm³/mol. The molecule has 6 heteroatoms. The fourth-order valence-electron chi connectivity index (χ4n) is 4.37. The second kappa shape index (κ2) is 5.16. The van der Waals surface area contributed by atoms with E-state index in [1.54, 1.807) is 6.07 Å². The van der Waals surface area contributed by atoms with Gasteiger partial charge in [0, 0.05) is 22.9 Å². The molecule has 0 amide bonds. The van der Waals surface area contributed by atoms with Gasteiger partial charge in [-0.05, 0) is 42.7 Å². The smallest absolute Gasteiger partial charge is 0.237 e. The molecule has 0 saturated heterocycles. The maximum absolute atomic E-state index is 12.9. The molecule has 0 atom stereocenters. The molecule has 1 aromatic carbocycles. The number of furan rings is 1. The number of Topliss-reactive ketones (excluding diaryl/α,β-unsaturated/α-hetero) is 2. The van der Waals surface area contributed by atoms with Gasteiger partial charge in [-0.15, -0.1) is 0 Å². The largest absolute Gasteiger partial charge is 0.444 e. The van der Waals surface area contributed by atoms with Gasteiger partial charge in [0.25, 0.3) is 0 Å². The molecule has 0 bridgehead atoms. The minimum atomic E-state index is -3.64. The Kier molecular flexibility index (Phi) is 3.42. The molecular formula is C20H20O5S. The van der Waals surface area contributed by atoms with Gasteiger partial charge in [-0.25, -0.2) is 8.42 Å². The zero-order chi connectivity index (χ0) is 19.0.